The maximum Gasteiger partial charge on any atom is 0.481 e. The number of carbonyl (C=O) groups excluding carboxylic acids is 1. The monoisotopic (exact) mass is 704 g/mol. The van der Waals surface area contributed by atoms with Crippen LogP contribution in [-0.2, 0) is 41.4 Å². The number of nitrogens with zero attached hydrogens (tertiary/aromatic N) is 5. The molecule has 2 unspecified atom stereocenters. The summed E-state index contributed by atoms with van der Waals surface area (Å²) in [5, 5.41) is 20.9. The Bertz CT molecular complexity index is 1760. The van der Waals surface area contributed by atoms with Crippen molar-refractivity contribution in [2.24, 2.45) is 5.73 Å². The van der Waals surface area contributed by atoms with E-state index in [9.17, 15) is 33.9 Å². The second-order valence-electron chi connectivity index (χ2n) is 11.3. The molecule has 6 rings (SSSR count). The minimum absolute atomic E-state index is 0.0872. The van der Waals surface area contributed by atoms with Crippen molar-refractivity contribution >= 4 is 38.5 Å². The minimum atomic E-state index is -5.33. The molecule has 6 heterocycles. The molecule has 21 nitrogen and oxygen atoms in total. The summed E-state index contributed by atoms with van der Waals surface area (Å²) in [5.41, 5.74) is 11.9. The van der Waals surface area contributed by atoms with Crippen molar-refractivity contribution in [1.29, 1.82) is 0 Å². The summed E-state index contributed by atoms with van der Waals surface area (Å²) in [7, 11) is -10.6. The number of anilines is 1. The Morgan fingerprint density at radius 2 is 1.72 bits per heavy atom. The molecule has 0 spiro atoms. The maximum absolute atomic E-state index is 12.7. The van der Waals surface area contributed by atoms with Gasteiger partial charge in [-0.25, -0.2) is 24.1 Å². The van der Waals surface area contributed by atoms with E-state index in [1.165, 1.54) is 46.3 Å². The van der Waals surface area contributed by atoms with Crippen LogP contribution in [0.3, 0.4) is 0 Å². The van der Waals surface area contributed by atoms with E-state index in [1.54, 1.807) is 13.8 Å². The van der Waals surface area contributed by atoms with E-state index in [-0.39, 0.29) is 11.4 Å². The van der Waals surface area contributed by atoms with Crippen LogP contribution < -0.4 is 16.0 Å². The molecule has 3 aromatic rings. The maximum atomic E-state index is 12.7. The average molecular weight is 705 g/mol. The summed E-state index contributed by atoms with van der Waals surface area (Å²) in [6.07, 6.45) is -3.98. The fraction of sp³-hybridized carbons (Fsp3) is 0.542. The third-order valence-corrected chi connectivity index (χ3v) is 10.1. The largest absolute Gasteiger partial charge is 0.481 e. The Balaban J connectivity index is 1.07. The molecule has 23 heteroatoms. The van der Waals surface area contributed by atoms with Crippen LogP contribution in [0.2, 0.25) is 0 Å². The number of pyridine rings is 1. The van der Waals surface area contributed by atoms with Gasteiger partial charge in [0.05, 0.1) is 19.5 Å². The molecule has 0 radical (unpaired) electrons. The number of aliphatic hydroxyl groups excluding tert-OH is 2. The van der Waals surface area contributed by atoms with Crippen molar-refractivity contribution < 1.29 is 70.8 Å². The third-order valence-electron chi connectivity index (χ3n) is 7.53. The first-order valence-corrected chi connectivity index (χ1v) is 17.0. The van der Waals surface area contributed by atoms with Crippen LogP contribution in [-0.4, -0.2) is 101 Å². The number of rotatable bonds is 11. The lowest BCUT2D eigenvalue weighted by Gasteiger charge is -2.25. The highest BCUT2D eigenvalue weighted by atomic mass is 31.3. The van der Waals surface area contributed by atoms with Gasteiger partial charge in [-0.2, -0.15) is 8.88 Å². The van der Waals surface area contributed by atoms with Crippen molar-refractivity contribution in [3.8, 4) is 0 Å². The van der Waals surface area contributed by atoms with Crippen molar-refractivity contribution in [2.45, 2.75) is 68.7 Å². The van der Waals surface area contributed by atoms with Gasteiger partial charge in [0, 0.05) is 6.07 Å². The first-order valence-electron chi connectivity index (χ1n) is 14.0. The predicted molar refractivity (Wildman–Crippen MR) is 151 cm³/mol. The van der Waals surface area contributed by atoms with Crippen LogP contribution in [0, 0.1) is 0 Å². The predicted octanol–water partition coefficient (Wildman–Crippen LogP) is -1.22. The molecule has 0 aromatic carbocycles. The number of phosphoric acid groups is 2. The summed E-state index contributed by atoms with van der Waals surface area (Å²) in [6.45, 7) is 1.81. The normalized spacial score (nSPS) is 32.6. The number of hydrogen-bond donors (Lipinski definition) is 6. The van der Waals surface area contributed by atoms with Gasteiger partial charge in [0.1, 0.15) is 47.9 Å². The second kappa shape index (κ2) is 12.5. The fourth-order valence-electron chi connectivity index (χ4n) is 5.50. The quantitative estimate of drug-likeness (QED) is 0.101. The van der Waals surface area contributed by atoms with Crippen LogP contribution in [0.15, 0.2) is 37.2 Å². The van der Waals surface area contributed by atoms with Gasteiger partial charge in [-0.15, -0.1) is 0 Å². The Morgan fingerprint density at radius 3 is 2.43 bits per heavy atom. The van der Waals surface area contributed by atoms with Crippen LogP contribution in [0.25, 0.3) is 11.2 Å². The van der Waals surface area contributed by atoms with E-state index >= 15 is 0 Å². The van der Waals surface area contributed by atoms with Gasteiger partial charge in [-0.3, -0.25) is 18.4 Å². The molecule has 3 aromatic heterocycles. The third kappa shape index (κ3) is 6.94. The Labute approximate surface area is 265 Å². The van der Waals surface area contributed by atoms with Gasteiger partial charge in [0.25, 0.3) is 12.1 Å². The standard InChI is InChI=1S/C24H31N7O14P2/c1-24(2)43-17-13(42-23(18(17)44-24)31-10-29-14-19(25)27-9-28-21(14)31)8-40-47(37,38)45-46(35,36)39-7-12-15(32)16(33)22(41-12)30-5-3-4-11(6-30)20(26)34/h3-6,9-10,12-13,15-18,22-23,32-33H,7-8H2,1-2H3,(H5-,25,26,27,28,34,35,36,37,38)/p+1/t12-,13-,15-,16-,17-,18-,22-,23-/m1/s1. The van der Waals surface area contributed by atoms with Gasteiger partial charge in [-0.05, 0) is 19.9 Å². The molecule has 0 aliphatic carbocycles. The Kier molecular flexibility index (Phi) is 8.98. The van der Waals surface area contributed by atoms with E-state index in [1.807, 2.05) is 0 Å². The summed E-state index contributed by atoms with van der Waals surface area (Å²) in [6, 6.07) is 2.87. The topological polar surface area (TPSA) is 296 Å². The van der Waals surface area contributed by atoms with Crippen LogP contribution >= 0.6 is 15.6 Å². The van der Waals surface area contributed by atoms with E-state index < -0.39 is 89.6 Å². The highest BCUT2D eigenvalue weighted by Crippen LogP contribution is 2.61. The van der Waals surface area contributed by atoms with E-state index in [4.69, 9.17) is 39.5 Å². The summed E-state index contributed by atoms with van der Waals surface area (Å²) >= 11 is 0. The molecule has 0 bridgehead atoms. The van der Waals surface area contributed by atoms with Gasteiger partial charge < -0.3 is 50.4 Å². The van der Waals surface area contributed by atoms with Gasteiger partial charge in [0.2, 0.25) is 0 Å². The van der Waals surface area contributed by atoms with Crippen molar-refractivity contribution in [3.63, 3.8) is 0 Å². The number of ether oxygens (including phenoxy) is 4. The number of nitrogen functional groups attached to an aromatic ring is 1. The zero-order chi connectivity index (χ0) is 33.9. The molecule has 3 saturated heterocycles. The smallest absolute Gasteiger partial charge is 0.387 e. The number of nitrogens with two attached hydrogens (primary N) is 2. The van der Waals surface area contributed by atoms with Crippen LogP contribution in [0.4, 0.5) is 5.82 Å². The fourth-order valence-corrected chi connectivity index (χ4v) is 7.59. The molecule has 1 amide bonds. The molecule has 8 N–H and O–H groups in total. The second-order valence-corrected chi connectivity index (χ2v) is 14.3. The molecule has 47 heavy (non-hydrogen) atoms. The number of amides is 1. The minimum Gasteiger partial charge on any atom is -0.387 e. The number of imidazole rings is 1. The zero-order valence-electron chi connectivity index (χ0n) is 24.7. The highest BCUT2D eigenvalue weighted by molar-refractivity contribution is 7.61. The SMILES string of the molecule is CC1(C)O[C@@H]2[C@H](O1)[C@@H](COP(=O)(O)OP(=O)(O)OC[C@H]1O[C@@H]([n+]3cccc(C(N)=O)c3)[C@H](O)[C@@H]1O)O[C@H]2n1cnc2c(N)ncnc21. The number of fused-ring (bicyclic) bond motifs is 2. The molecule has 0 saturated carbocycles. The number of primary amides is 1. The number of aliphatic hydroxyl groups is 2. The molecular weight excluding hydrogens is 672 g/mol. The first kappa shape index (κ1) is 33.9. The van der Waals surface area contributed by atoms with Gasteiger partial charge in [0.15, 0.2) is 42.0 Å². The molecular formula is C24H32N7O14P2+. The number of hydrogen-bond acceptors (Lipinski definition) is 16. The lowest BCUT2D eigenvalue weighted by Crippen LogP contribution is -2.46. The van der Waals surface area contributed by atoms with Gasteiger partial charge in [-0.1, -0.05) is 0 Å². The van der Waals surface area contributed by atoms with E-state index in [2.05, 4.69) is 19.3 Å². The highest BCUT2D eigenvalue weighted by Gasteiger charge is 2.57. The Morgan fingerprint density at radius 1 is 1.04 bits per heavy atom. The number of carbonyl (C=O) groups is 1. The summed E-state index contributed by atoms with van der Waals surface area (Å²) in [5.74, 6) is -1.68. The molecule has 3 aliphatic heterocycles. The lowest BCUT2D eigenvalue weighted by molar-refractivity contribution is -0.765. The zero-order valence-corrected chi connectivity index (χ0v) is 26.4. The average Bonchev–Trinajstić information content (AvgIpc) is 3.72. The van der Waals surface area contributed by atoms with Crippen molar-refractivity contribution in [3.05, 3.63) is 42.7 Å². The summed E-state index contributed by atoms with van der Waals surface area (Å²) in [4.78, 5) is 44.3. The Hall–Kier alpha value is -3.01. The van der Waals surface area contributed by atoms with E-state index in [0.717, 1.165) is 0 Å². The first-order chi connectivity index (χ1) is 22.0. The molecule has 3 aliphatic rings. The number of phosphoric ester groups is 2. The van der Waals surface area contributed by atoms with E-state index in [0.29, 0.717) is 11.2 Å². The summed E-state index contributed by atoms with van der Waals surface area (Å²) < 4.78 is 65.9. The van der Waals surface area contributed by atoms with Crippen LogP contribution in [0.1, 0.15) is 36.7 Å². The molecule has 3 fully saturated rings. The van der Waals surface area contributed by atoms with Crippen molar-refractivity contribution in [2.75, 3.05) is 18.9 Å². The number of aromatic nitrogens is 5. The molecule has 256 valence electrons. The van der Waals surface area contributed by atoms with Crippen LogP contribution in [0.5, 0.6) is 0 Å². The van der Waals surface area contributed by atoms with Crippen molar-refractivity contribution in [1.82, 2.24) is 19.5 Å². The molecule has 10 atom stereocenters. The lowest BCUT2D eigenvalue weighted by atomic mass is 10.1. The van der Waals surface area contributed by atoms with Gasteiger partial charge >= 0.3 is 15.6 Å².